The quantitative estimate of drug-likeness (QED) is 0.573. The summed E-state index contributed by atoms with van der Waals surface area (Å²) < 4.78 is 6.00. The van der Waals surface area contributed by atoms with E-state index in [9.17, 15) is 4.79 Å². The van der Waals surface area contributed by atoms with Crippen molar-refractivity contribution in [1.82, 2.24) is 0 Å². The Morgan fingerprint density at radius 2 is 2.00 bits per heavy atom. The van der Waals surface area contributed by atoms with Gasteiger partial charge in [0.25, 0.3) is 0 Å². The molecule has 4 nitrogen and oxygen atoms in total. The molecule has 1 fully saturated rings. The van der Waals surface area contributed by atoms with Crippen LogP contribution in [-0.2, 0) is 21.4 Å². The molecule has 4 N–H and O–H groups in total. The molecular weight excluding hydrogens is 356 g/mol. The van der Waals surface area contributed by atoms with Gasteiger partial charge in [-0.15, -0.1) is 0 Å². The number of halogens is 1. The Morgan fingerprint density at radius 1 is 1.30 bits per heavy atom. The van der Waals surface area contributed by atoms with Crippen molar-refractivity contribution in [1.29, 1.82) is 0 Å². The summed E-state index contributed by atoms with van der Waals surface area (Å²) in [5, 5.41) is 0. The first-order chi connectivity index (χ1) is 10.8. The van der Waals surface area contributed by atoms with Crippen molar-refractivity contribution in [2.24, 2.45) is 11.3 Å². The third-order valence-electron chi connectivity index (χ3n) is 6.35. The number of fused-ring (bicyclic) bond motifs is 3. The first kappa shape index (κ1) is 16.6. The third-order valence-corrected chi connectivity index (χ3v) is 7.01. The van der Waals surface area contributed by atoms with Crippen molar-refractivity contribution in [3.05, 3.63) is 21.7 Å². The van der Waals surface area contributed by atoms with E-state index in [0.29, 0.717) is 11.4 Å². The van der Waals surface area contributed by atoms with Crippen LogP contribution >= 0.6 is 15.9 Å². The van der Waals surface area contributed by atoms with Gasteiger partial charge in [-0.3, -0.25) is 4.79 Å². The van der Waals surface area contributed by atoms with Gasteiger partial charge in [0.2, 0.25) is 0 Å². The number of nitrogen functional groups attached to an aromatic ring is 2. The number of benzene rings is 1. The maximum Gasteiger partial charge on any atom is 0.311 e. The number of nitrogens with two attached hydrogens (primary N) is 2. The summed E-state index contributed by atoms with van der Waals surface area (Å²) in [5.74, 6) is 0.179. The number of hydrogen-bond acceptors (Lipinski definition) is 4. The van der Waals surface area contributed by atoms with Gasteiger partial charge in [0, 0.05) is 4.47 Å². The molecule has 5 heteroatoms. The second-order valence-electron chi connectivity index (χ2n) is 7.48. The van der Waals surface area contributed by atoms with Gasteiger partial charge < -0.3 is 16.2 Å². The molecular formula is C18H25BrN2O2. The molecule has 0 bridgehead atoms. The van der Waals surface area contributed by atoms with Gasteiger partial charge in [-0.05, 0) is 77.1 Å². The third kappa shape index (κ3) is 2.19. The molecule has 0 saturated heterocycles. The van der Waals surface area contributed by atoms with Gasteiger partial charge in [-0.2, -0.15) is 0 Å². The van der Waals surface area contributed by atoms with E-state index in [1.807, 2.05) is 0 Å². The van der Waals surface area contributed by atoms with E-state index in [-0.39, 0.29) is 17.3 Å². The lowest BCUT2D eigenvalue weighted by atomic mass is 9.49. The SMILES string of the molecule is COC(=O)[C@]1(C)CCC[C@]2(C)c3cc(Br)c(N)c(N)c3CC[C@@H]12. The highest BCUT2D eigenvalue weighted by atomic mass is 79.9. The van der Waals surface area contributed by atoms with E-state index in [1.165, 1.54) is 18.2 Å². The number of carbonyl (C=O) groups is 1. The molecule has 0 aromatic heterocycles. The number of anilines is 2. The van der Waals surface area contributed by atoms with Crippen molar-refractivity contribution < 1.29 is 9.53 Å². The lowest BCUT2D eigenvalue weighted by molar-refractivity contribution is -0.161. The summed E-state index contributed by atoms with van der Waals surface area (Å²) in [6.45, 7) is 4.35. The molecule has 0 radical (unpaired) electrons. The Balaban J connectivity index is 2.17. The zero-order valence-corrected chi connectivity index (χ0v) is 15.6. The fourth-order valence-corrected chi connectivity index (χ4v) is 5.55. The molecule has 0 amide bonds. The fourth-order valence-electron chi connectivity index (χ4n) is 5.11. The minimum Gasteiger partial charge on any atom is -0.469 e. The van der Waals surface area contributed by atoms with Crippen molar-refractivity contribution in [3.63, 3.8) is 0 Å². The molecule has 0 unspecified atom stereocenters. The monoisotopic (exact) mass is 380 g/mol. The second kappa shape index (κ2) is 5.40. The molecule has 1 aromatic rings. The summed E-state index contributed by atoms with van der Waals surface area (Å²) in [6, 6.07) is 2.12. The van der Waals surface area contributed by atoms with E-state index in [2.05, 4.69) is 35.8 Å². The van der Waals surface area contributed by atoms with Gasteiger partial charge >= 0.3 is 5.97 Å². The smallest absolute Gasteiger partial charge is 0.311 e. The summed E-state index contributed by atoms with van der Waals surface area (Å²) in [5.41, 5.74) is 15.6. The normalized spacial score (nSPS) is 32.8. The Morgan fingerprint density at radius 3 is 2.65 bits per heavy atom. The molecule has 1 saturated carbocycles. The Bertz CT molecular complexity index is 675. The zero-order valence-electron chi connectivity index (χ0n) is 14.0. The topological polar surface area (TPSA) is 78.3 Å². The van der Waals surface area contributed by atoms with E-state index >= 15 is 0 Å². The minimum atomic E-state index is -0.429. The van der Waals surface area contributed by atoms with Crippen LogP contribution in [0.2, 0.25) is 0 Å². The van der Waals surface area contributed by atoms with Crippen LogP contribution in [0, 0.1) is 11.3 Å². The van der Waals surface area contributed by atoms with Crippen LogP contribution < -0.4 is 11.5 Å². The number of ether oxygens (including phenoxy) is 1. The maximum atomic E-state index is 12.5. The predicted octanol–water partition coefficient (Wildman–Crippen LogP) is 3.80. The van der Waals surface area contributed by atoms with Crippen LogP contribution in [0.25, 0.3) is 0 Å². The largest absolute Gasteiger partial charge is 0.469 e. The molecule has 23 heavy (non-hydrogen) atoms. The van der Waals surface area contributed by atoms with E-state index < -0.39 is 5.41 Å². The number of rotatable bonds is 1. The average molecular weight is 381 g/mol. The molecule has 0 heterocycles. The van der Waals surface area contributed by atoms with Gasteiger partial charge in [-0.25, -0.2) is 0 Å². The average Bonchev–Trinajstić information content (AvgIpc) is 2.52. The van der Waals surface area contributed by atoms with Crippen LogP contribution in [0.1, 0.15) is 50.7 Å². The Hall–Kier alpha value is -1.23. The lowest BCUT2D eigenvalue weighted by Gasteiger charge is -2.54. The molecule has 1 aromatic carbocycles. The first-order valence-corrected chi connectivity index (χ1v) is 9.00. The number of methoxy groups -OCH3 is 1. The maximum absolute atomic E-state index is 12.5. The highest BCUT2D eigenvalue weighted by Gasteiger charge is 2.56. The molecule has 3 rings (SSSR count). The number of carbonyl (C=O) groups excluding carboxylic acids is 1. The van der Waals surface area contributed by atoms with Gasteiger partial charge in [0.1, 0.15) is 0 Å². The van der Waals surface area contributed by atoms with Gasteiger partial charge in [0.15, 0.2) is 0 Å². The van der Waals surface area contributed by atoms with Gasteiger partial charge in [-0.1, -0.05) is 13.3 Å². The highest BCUT2D eigenvalue weighted by molar-refractivity contribution is 9.10. The summed E-state index contributed by atoms with van der Waals surface area (Å²) in [6.07, 6.45) is 4.78. The van der Waals surface area contributed by atoms with Crippen LogP contribution in [0.4, 0.5) is 11.4 Å². The molecule has 126 valence electrons. The Kier molecular flexibility index (Phi) is 3.90. The second-order valence-corrected chi connectivity index (χ2v) is 8.34. The van der Waals surface area contributed by atoms with Crippen LogP contribution in [0.3, 0.4) is 0 Å². The predicted molar refractivity (Wildman–Crippen MR) is 96.1 cm³/mol. The molecule has 2 aliphatic rings. The van der Waals surface area contributed by atoms with E-state index in [1.54, 1.807) is 0 Å². The molecule has 0 spiro atoms. The summed E-state index contributed by atoms with van der Waals surface area (Å²) >= 11 is 3.54. The number of hydrogen-bond donors (Lipinski definition) is 2. The first-order valence-electron chi connectivity index (χ1n) is 8.21. The van der Waals surface area contributed by atoms with Crippen LogP contribution in [0.15, 0.2) is 10.5 Å². The zero-order chi connectivity index (χ0) is 17.0. The van der Waals surface area contributed by atoms with Crippen molar-refractivity contribution in [3.8, 4) is 0 Å². The van der Waals surface area contributed by atoms with Crippen LogP contribution in [-0.4, -0.2) is 13.1 Å². The van der Waals surface area contributed by atoms with Crippen LogP contribution in [0.5, 0.6) is 0 Å². The van der Waals surface area contributed by atoms with Crippen molar-refractivity contribution >= 4 is 33.3 Å². The van der Waals surface area contributed by atoms with Crippen molar-refractivity contribution in [2.45, 2.75) is 51.4 Å². The minimum absolute atomic E-state index is 0.0703. The summed E-state index contributed by atoms with van der Waals surface area (Å²) in [7, 11) is 1.49. The van der Waals surface area contributed by atoms with Crippen molar-refractivity contribution in [2.75, 3.05) is 18.6 Å². The Labute approximate surface area is 146 Å². The van der Waals surface area contributed by atoms with E-state index in [0.717, 1.165) is 36.6 Å². The highest BCUT2D eigenvalue weighted by Crippen LogP contribution is 2.59. The number of esters is 1. The standard InChI is InChI=1S/C18H25BrN2O2/c1-17-7-4-8-18(2,16(22)23-3)13(17)6-5-10-11(17)9-12(19)15(21)14(10)20/h9,13H,4-8,20-21H2,1-3H3/t13-,17-,18-/m1/s1. The fraction of sp³-hybridized carbons (Fsp3) is 0.611. The molecule has 3 atom stereocenters. The lowest BCUT2D eigenvalue weighted by Crippen LogP contribution is -2.52. The van der Waals surface area contributed by atoms with E-state index in [4.69, 9.17) is 16.2 Å². The summed E-state index contributed by atoms with van der Waals surface area (Å²) in [4.78, 5) is 12.5. The molecule has 2 aliphatic carbocycles. The van der Waals surface area contributed by atoms with Gasteiger partial charge in [0.05, 0.1) is 23.9 Å². The molecule has 0 aliphatic heterocycles.